The number of amides is 1. The lowest BCUT2D eigenvalue weighted by Crippen LogP contribution is -2.23. The van der Waals surface area contributed by atoms with Crippen LogP contribution < -0.4 is 5.32 Å². The standard InChI is InChI=1S/C15H14BrNOS/c1-10-4-2-3-5-11(10)9-17-15(18)13-7-6-12(16)8-14(13)19/h2-8,19H,9H2,1H3,(H,17,18). The number of aryl methyl sites for hydroxylation is 1. The SMILES string of the molecule is Cc1ccccc1CNC(=O)c1ccc(Br)cc1S. The Morgan fingerprint density at radius 2 is 2.00 bits per heavy atom. The molecule has 2 nitrogen and oxygen atoms in total. The summed E-state index contributed by atoms with van der Waals surface area (Å²) >= 11 is 7.67. The van der Waals surface area contributed by atoms with Crippen molar-refractivity contribution in [2.24, 2.45) is 0 Å². The lowest BCUT2D eigenvalue weighted by Gasteiger charge is -2.09. The first-order valence-corrected chi connectivity index (χ1v) is 7.13. The molecule has 0 saturated carbocycles. The van der Waals surface area contributed by atoms with Crippen LogP contribution in [-0.4, -0.2) is 5.91 Å². The van der Waals surface area contributed by atoms with Crippen LogP contribution >= 0.6 is 28.6 Å². The van der Waals surface area contributed by atoms with Crippen LogP contribution in [0.3, 0.4) is 0 Å². The van der Waals surface area contributed by atoms with Crippen molar-refractivity contribution in [2.45, 2.75) is 18.4 Å². The molecule has 1 amide bonds. The topological polar surface area (TPSA) is 29.1 Å². The molecule has 0 spiro atoms. The quantitative estimate of drug-likeness (QED) is 0.816. The second kappa shape index (κ2) is 6.26. The van der Waals surface area contributed by atoms with Crippen LogP contribution in [0.1, 0.15) is 21.5 Å². The fourth-order valence-corrected chi connectivity index (χ4v) is 2.63. The van der Waals surface area contributed by atoms with Gasteiger partial charge in [-0.1, -0.05) is 40.2 Å². The van der Waals surface area contributed by atoms with E-state index in [4.69, 9.17) is 0 Å². The van der Waals surface area contributed by atoms with E-state index in [0.29, 0.717) is 17.0 Å². The van der Waals surface area contributed by atoms with Gasteiger partial charge in [0.15, 0.2) is 0 Å². The molecule has 0 aliphatic rings. The fraction of sp³-hybridized carbons (Fsp3) is 0.133. The van der Waals surface area contributed by atoms with Crippen LogP contribution in [0.25, 0.3) is 0 Å². The molecule has 0 atom stereocenters. The normalized spacial score (nSPS) is 10.3. The van der Waals surface area contributed by atoms with E-state index in [2.05, 4.69) is 33.9 Å². The zero-order chi connectivity index (χ0) is 13.8. The van der Waals surface area contributed by atoms with Gasteiger partial charge in [0.2, 0.25) is 0 Å². The Morgan fingerprint density at radius 1 is 1.26 bits per heavy atom. The van der Waals surface area contributed by atoms with E-state index in [1.807, 2.05) is 43.3 Å². The maximum atomic E-state index is 12.1. The molecule has 19 heavy (non-hydrogen) atoms. The Bertz CT molecular complexity index is 613. The molecule has 2 aromatic carbocycles. The van der Waals surface area contributed by atoms with Crippen molar-refractivity contribution >= 4 is 34.5 Å². The van der Waals surface area contributed by atoms with Crippen molar-refractivity contribution in [3.8, 4) is 0 Å². The van der Waals surface area contributed by atoms with Gasteiger partial charge in [0.1, 0.15) is 0 Å². The summed E-state index contributed by atoms with van der Waals surface area (Å²) in [5.74, 6) is -0.110. The van der Waals surface area contributed by atoms with Gasteiger partial charge in [-0.2, -0.15) is 0 Å². The molecule has 0 unspecified atom stereocenters. The van der Waals surface area contributed by atoms with Crippen molar-refractivity contribution in [1.82, 2.24) is 5.32 Å². The van der Waals surface area contributed by atoms with Crippen LogP contribution in [0.2, 0.25) is 0 Å². The molecular weight excluding hydrogens is 322 g/mol. The van der Waals surface area contributed by atoms with Crippen LogP contribution in [0.15, 0.2) is 51.8 Å². The third-order valence-electron chi connectivity index (χ3n) is 2.91. The lowest BCUT2D eigenvalue weighted by atomic mass is 10.1. The molecule has 98 valence electrons. The zero-order valence-electron chi connectivity index (χ0n) is 10.5. The highest BCUT2D eigenvalue weighted by Crippen LogP contribution is 2.20. The molecule has 0 heterocycles. The van der Waals surface area contributed by atoms with Crippen molar-refractivity contribution in [1.29, 1.82) is 0 Å². The van der Waals surface area contributed by atoms with Crippen molar-refractivity contribution in [3.63, 3.8) is 0 Å². The number of carbonyl (C=O) groups excluding carboxylic acids is 1. The first kappa shape index (κ1) is 14.2. The third-order valence-corrected chi connectivity index (χ3v) is 3.77. The summed E-state index contributed by atoms with van der Waals surface area (Å²) in [7, 11) is 0. The summed E-state index contributed by atoms with van der Waals surface area (Å²) in [4.78, 5) is 12.7. The summed E-state index contributed by atoms with van der Waals surface area (Å²) in [6, 6.07) is 13.4. The molecule has 0 saturated heterocycles. The molecule has 0 aliphatic carbocycles. The van der Waals surface area contributed by atoms with Crippen molar-refractivity contribution < 1.29 is 4.79 Å². The number of hydrogen-bond acceptors (Lipinski definition) is 2. The number of halogens is 1. The average Bonchev–Trinajstić information content (AvgIpc) is 2.37. The zero-order valence-corrected chi connectivity index (χ0v) is 13.0. The van der Waals surface area contributed by atoms with Gasteiger partial charge in [-0.25, -0.2) is 0 Å². The van der Waals surface area contributed by atoms with Crippen LogP contribution in [0.5, 0.6) is 0 Å². The number of benzene rings is 2. The minimum Gasteiger partial charge on any atom is -0.348 e. The number of thiol groups is 1. The molecule has 0 radical (unpaired) electrons. The van der Waals surface area contributed by atoms with Gasteiger partial charge < -0.3 is 5.32 Å². The molecule has 0 bridgehead atoms. The van der Waals surface area contributed by atoms with E-state index in [1.54, 1.807) is 6.07 Å². The first-order chi connectivity index (χ1) is 9.08. The van der Waals surface area contributed by atoms with Gasteiger partial charge in [0.05, 0.1) is 5.56 Å². The maximum absolute atomic E-state index is 12.1. The van der Waals surface area contributed by atoms with E-state index in [-0.39, 0.29) is 5.91 Å². The summed E-state index contributed by atoms with van der Waals surface area (Å²) in [5, 5.41) is 2.91. The van der Waals surface area contributed by atoms with E-state index in [9.17, 15) is 4.79 Å². The maximum Gasteiger partial charge on any atom is 0.252 e. The number of rotatable bonds is 3. The molecule has 0 aliphatic heterocycles. The molecule has 2 rings (SSSR count). The molecule has 0 fully saturated rings. The highest BCUT2D eigenvalue weighted by atomic mass is 79.9. The van der Waals surface area contributed by atoms with Crippen LogP contribution in [0, 0.1) is 6.92 Å². The molecule has 4 heteroatoms. The summed E-state index contributed by atoms with van der Waals surface area (Å²) in [6.45, 7) is 2.56. The van der Waals surface area contributed by atoms with Crippen LogP contribution in [-0.2, 0) is 6.54 Å². The third kappa shape index (κ3) is 3.61. The average molecular weight is 336 g/mol. The second-order valence-electron chi connectivity index (χ2n) is 4.27. The minimum atomic E-state index is -0.110. The van der Waals surface area contributed by atoms with Gasteiger partial charge in [-0.3, -0.25) is 4.79 Å². The van der Waals surface area contributed by atoms with E-state index in [1.165, 1.54) is 5.56 Å². The Balaban J connectivity index is 2.08. The number of nitrogens with one attached hydrogen (secondary N) is 1. The monoisotopic (exact) mass is 335 g/mol. The van der Waals surface area contributed by atoms with E-state index < -0.39 is 0 Å². The van der Waals surface area contributed by atoms with Gasteiger partial charge in [-0.15, -0.1) is 12.6 Å². The molecule has 0 aromatic heterocycles. The molecule has 1 N–H and O–H groups in total. The van der Waals surface area contributed by atoms with Crippen molar-refractivity contribution in [2.75, 3.05) is 0 Å². The number of hydrogen-bond donors (Lipinski definition) is 2. The lowest BCUT2D eigenvalue weighted by molar-refractivity contribution is 0.0948. The Kier molecular flexibility index (Phi) is 4.66. The largest absolute Gasteiger partial charge is 0.348 e. The summed E-state index contributed by atoms with van der Waals surface area (Å²) in [6.07, 6.45) is 0. The van der Waals surface area contributed by atoms with E-state index >= 15 is 0 Å². The minimum absolute atomic E-state index is 0.110. The Hall–Kier alpha value is -1.26. The highest BCUT2D eigenvalue weighted by Gasteiger charge is 2.09. The van der Waals surface area contributed by atoms with Crippen LogP contribution in [0.4, 0.5) is 0 Å². The predicted molar refractivity (Wildman–Crippen MR) is 83.7 cm³/mol. The van der Waals surface area contributed by atoms with Gasteiger partial charge in [0.25, 0.3) is 5.91 Å². The summed E-state index contributed by atoms with van der Waals surface area (Å²) in [5.41, 5.74) is 2.87. The van der Waals surface area contributed by atoms with Gasteiger partial charge in [0, 0.05) is 15.9 Å². The smallest absolute Gasteiger partial charge is 0.252 e. The fourth-order valence-electron chi connectivity index (χ4n) is 1.78. The van der Waals surface area contributed by atoms with E-state index in [0.717, 1.165) is 10.0 Å². The van der Waals surface area contributed by atoms with Gasteiger partial charge in [-0.05, 0) is 36.2 Å². The second-order valence-corrected chi connectivity index (χ2v) is 5.67. The predicted octanol–water partition coefficient (Wildman–Crippen LogP) is 3.98. The molecular formula is C15H14BrNOS. The summed E-state index contributed by atoms with van der Waals surface area (Å²) < 4.78 is 0.910. The highest BCUT2D eigenvalue weighted by molar-refractivity contribution is 9.10. The first-order valence-electron chi connectivity index (χ1n) is 5.89. The van der Waals surface area contributed by atoms with Crippen molar-refractivity contribution in [3.05, 3.63) is 63.6 Å². The molecule has 2 aromatic rings. The van der Waals surface area contributed by atoms with Gasteiger partial charge >= 0.3 is 0 Å². The Morgan fingerprint density at radius 3 is 2.68 bits per heavy atom. The number of carbonyl (C=O) groups is 1. The Labute approximate surface area is 126 Å².